The molecule has 0 aliphatic heterocycles. The zero-order chi connectivity index (χ0) is 11.5. The van der Waals surface area contributed by atoms with E-state index in [1.165, 1.54) is 0 Å². The van der Waals surface area contributed by atoms with Gasteiger partial charge in [-0.15, -0.1) is 0 Å². The molecule has 0 radical (unpaired) electrons. The number of rotatable bonds is 7. The Morgan fingerprint density at radius 1 is 1.20 bits per heavy atom. The number of nitrogens with one attached hydrogen (secondary N) is 1. The van der Waals surface area contributed by atoms with Crippen LogP contribution in [0.5, 0.6) is 0 Å². The number of nitrogens with zero attached hydrogens (tertiary/aromatic N) is 2. The first-order valence-corrected chi connectivity index (χ1v) is 6.90. The van der Waals surface area contributed by atoms with Crippen molar-refractivity contribution in [3.8, 4) is 0 Å². The van der Waals surface area contributed by atoms with E-state index in [0.717, 1.165) is 43.6 Å². The molecule has 0 unspecified atom stereocenters. The molecule has 0 amide bonds. The van der Waals surface area contributed by atoms with Crippen LogP contribution < -0.4 is 5.32 Å². The molecule has 0 atom stereocenters. The molecule has 0 saturated carbocycles. The molecule has 0 aromatic carbocycles. The Hall–Kier alpha value is -0.220. The molecule has 0 aromatic heterocycles. The lowest BCUT2D eigenvalue weighted by Gasteiger charge is -2.17. The molecule has 4 heteroatoms. The number of amidine groups is 1. The monoisotopic (exact) mass is 231 g/mol. The van der Waals surface area contributed by atoms with Crippen molar-refractivity contribution in [2.45, 2.75) is 27.7 Å². The molecule has 0 aliphatic rings. The third-order valence-electron chi connectivity index (χ3n) is 2.17. The highest BCUT2D eigenvalue weighted by atomic mass is 32.2. The van der Waals surface area contributed by atoms with E-state index < -0.39 is 0 Å². The fraction of sp³-hybridized carbons (Fsp3) is 0.909. The average Bonchev–Trinajstić information content (AvgIpc) is 2.25. The van der Waals surface area contributed by atoms with E-state index in [4.69, 9.17) is 0 Å². The number of aliphatic imine (C=N–C) groups is 1. The van der Waals surface area contributed by atoms with Gasteiger partial charge in [0.2, 0.25) is 0 Å². The first-order chi connectivity index (χ1) is 7.28. The van der Waals surface area contributed by atoms with Gasteiger partial charge in [-0.3, -0.25) is 4.99 Å². The topological polar surface area (TPSA) is 27.6 Å². The van der Waals surface area contributed by atoms with Crippen LogP contribution in [-0.4, -0.2) is 48.5 Å². The first-order valence-electron chi connectivity index (χ1n) is 5.91. The van der Waals surface area contributed by atoms with E-state index in [0.29, 0.717) is 0 Å². The van der Waals surface area contributed by atoms with Gasteiger partial charge in [0, 0.05) is 25.4 Å². The average molecular weight is 231 g/mol. The van der Waals surface area contributed by atoms with Crippen molar-refractivity contribution in [1.82, 2.24) is 10.2 Å². The van der Waals surface area contributed by atoms with Gasteiger partial charge in [0.05, 0.1) is 0 Å². The minimum absolute atomic E-state index is 0.862. The standard InChI is InChI=1S/C11H25N3S/c1-5-12-11(13-6-2)15-10-9-14(7-3)8-4/h5-10H2,1-4H3,(H,12,13). The van der Waals surface area contributed by atoms with Crippen LogP contribution in [0.25, 0.3) is 0 Å². The van der Waals surface area contributed by atoms with E-state index >= 15 is 0 Å². The Bertz CT molecular complexity index is 167. The second-order valence-corrected chi connectivity index (χ2v) is 4.27. The fourth-order valence-corrected chi connectivity index (χ4v) is 2.27. The highest BCUT2D eigenvalue weighted by Gasteiger charge is 2.01. The molecule has 90 valence electrons. The van der Waals surface area contributed by atoms with Crippen LogP contribution in [-0.2, 0) is 0 Å². The maximum Gasteiger partial charge on any atom is 0.156 e. The Morgan fingerprint density at radius 2 is 1.87 bits per heavy atom. The van der Waals surface area contributed by atoms with Crippen LogP contribution in [0.3, 0.4) is 0 Å². The SMILES string of the molecule is CCN=C(NCC)SCCN(CC)CC. The van der Waals surface area contributed by atoms with Crippen molar-refractivity contribution < 1.29 is 0 Å². The second-order valence-electron chi connectivity index (χ2n) is 3.19. The maximum absolute atomic E-state index is 4.41. The third kappa shape index (κ3) is 7.68. The number of thioether (sulfide) groups is 1. The van der Waals surface area contributed by atoms with E-state index in [1.54, 1.807) is 0 Å². The zero-order valence-corrected chi connectivity index (χ0v) is 11.4. The Morgan fingerprint density at radius 3 is 2.33 bits per heavy atom. The van der Waals surface area contributed by atoms with Crippen molar-refractivity contribution in [3.05, 3.63) is 0 Å². The molecule has 0 aliphatic carbocycles. The normalized spacial score (nSPS) is 12.2. The zero-order valence-electron chi connectivity index (χ0n) is 10.5. The summed E-state index contributed by atoms with van der Waals surface area (Å²) in [6.07, 6.45) is 0. The summed E-state index contributed by atoms with van der Waals surface area (Å²) < 4.78 is 0. The minimum atomic E-state index is 0.862. The van der Waals surface area contributed by atoms with Crippen LogP contribution in [0.1, 0.15) is 27.7 Å². The van der Waals surface area contributed by atoms with Gasteiger partial charge in [-0.1, -0.05) is 25.6 Å². The summed E-state index contributed by atoms with van der Waals surface area (Å²) >= 11 is 1.83. The van der Waals surface area contributed by atoms with Gasteiger partial charge >= 0.3 is 0 Å². The largest absolute Gasteiger partial charge is 0.365 e. The van der Waals surface area contributed by atoms with Gasteiger partial charge in [-0.25, -0.2) is 0 Å². The second kappa shape index (κ2) is 10.3. The van der Waals surface area contributed by atoms with E-state index in [1.807, 2.05) is 11.8 Å². The molecule has 0 bridgehead atoms. The highest BCUT2D eigenvalue weighted by Crippen LogP contribution is 2.03. The van der Waals surface area contributed by atoms with Crippen molar-refractivity contribution >= 4 is 16.9 Å². The molecular weight excluding hydrogens is 206 g/mol. The Balaban J connectivity index is 3.74. The Kier molecular flexibility index (Phi) is 10.2. The molecule has 0 rings (SSSR count). The molecule has 3 nitrogen and oxygen atoms in total. The predicted molar refractivity (Wildman–Crippen MR) is 71.9 cm³/mol. The summed E-state index contributed by atoms with van der Waals surface area (Å²) in [7, 11) is 0. The van der Waals surface area contributed by atoms with E-state index in [-0.39, 0.29) is 0 Å². The van der Waals surface area contributed by atoms with Gasteiger partial charge in [0.25, 0.3) is 0 Å². The van der Waals surface area contributed by atoms with Gasteiger partial charge in [0.15, 0.2) is 5.17 Å². The van der Waals surface area contributed by atoms with Crippen molar-refractivity contribution in [3.63, 3.8) is 0 Å². The maximum atomic E-state index is 4.41. The van der Waals surface area contributed by atoms with E-state index in [2.05, 4.69) is 42.9 Å². The predicted octanol–water partition coefficient (Wildman–Crippen LogP) is 2.05. The molecule has 0 aromatic rings. The summed E-state index contributed by atoms with van der Waals surface area (Å²) in [4.78, 5) is 6.85. The summed E-state index contributed by atoms with van der Waals surface area (Å²) in [5.41, 5.74) is 0. The summed E-state index contributed by atoms with van der Waals surface area (Å²) in [6.45, 7) is 13.8. The van der Waals surface area contributed by atoms with Crippen molar-refractivity contribution in [2.24, 2.45) is 4.99 Å². The lowest BCUT2D eigenvalue weighted by atomic mass is 10.5. The van der Waals surface area contributed by atoms with Crippen LogP contribution in [0.15, 0.2) is 4.99 Å². The quantitative estimate of drug-likeness (QED) is 0.537. The Labute approximate surface area is 98.7 Å². The van der Waals surface area contributed by atoms with Gasteiger partial charge in [0.1, 0.15) is 0 Å². The molecular formula is C11H25N3S. The third-order valence-corrected chi connectivity index (χ3v) is 3.10. The highest BCUT2D eigenvalue weighted by molar-refractivity contribution is 8.13. The summed E-state index contributed by atoms with van der Waals surface area (Å²) in [5, 5.41) is 4.38. The smallest absolute Gasteiger partial charge is 0.156 e. The van der Waals surface area contributed by atoms with Gasteiger partial charge in [-0.2, -0.15) is 0 Å². The van der Waals surface area contributed by atoms with Crippen molar-refractivity contribution in [2.75, 3.05) is 38.5 Å². The van der Waals surface area contributed by atoms with Crippen LogP contribution in [0.2, 0.25) is 0 Å². The summed E-state index contributed by atoms with van der Waals surface area (Å²) in [5.74, 6) is 1.12. The first kappa shape index (κ1) is 14.8. The fourth-order valence-electron chi connectivity index (χ4n) is 1.26. The van der Waals surface area contributed by atoms with Crippen LogP contribution in [0, 0.1) is 0 Å². The van der Waals surface area contributed by atoms with Gasteiger partial charge < -0.3 is 10.2 Å². The molecule has 0 spiro atoms. The summed E-state index contributed by atoms with van der Waals surface area (Å²) in [6, 6.07) is 0. The number of hydrogen-bond donors (Lipinski definition) is 1. The minimum Gasteiger partial charge on any atom is -0.365 e. The van der Waals surface area contributed by atoms with Crippen molar-refractivity contribution in [1.29, 1.82) is 0 Å². The molecule has 0 fully saturated rings. The van der Waals surface area contributed by atoms with E-state index in [9.17, 15) is 0 Å². The molecule has 0 saturated heterocycles. The molecule has 15 heavy (non-hydrogen) atoms. The van der Waals surface area contributed by atoms with Gasteiger partial charge in [-0.05, 0) is 26.9 Å². The molecule has 0 heterocycles. The van der Waals surface area contributed by atoms with Crippen LogP contribution >= 0.6 is 11.8 Å². The number of hydrogen-bond acceptors (Lipinski definition) is 3. The lowest BCUT2D eigenvalue weighted by molar-refractivity contribution is 0.324. The molecule has 1 N–H and O–H groups in total. The van der Waals surface area contributed by atoms with Crippen LogP contribution in [0.4, 0.5) is 0 Å². The lowest BCUT2D eigenvalue weighted by Crippen LogP contribution is -2.27.